The van der Waals surface area contributed by atoms with Gasteiger partial charge in [0.1, 0.15) is 11.4 Å². The van der Waals surface area contributed by atoms with Crippen LogP contribution in [0.2, 0.25) is 0 Å². The molecule has 0 aliphatic heterocycles. The molecule has 0 fully saturated rings. The van der Waals surface area contributed by atoms with Gasteiger partial charge in [-0.2, -0.15) is 5.10 Å². The van der Waals surface area contributed by atoms with Crippen LogP contribution in [0.15, 0.2) is 6.20 Å². The van der Waals surface area contributed by atoms with Crippen molar-refractivity contribution in [2.75, 3.05) is 5.73 Å². The van der Waals surface area contributed by atoms with E-state index in [4.69, 9.17) is 5.73 Å². The Morgan fingerprint density at radius 1 is 1.29 bits per heavy atom. The number of aromatic nitrogens is 4. The van der Waals surface area contributed by atoms with Gasteiger partial charge in [0.05, 0.1) is 11.2 Å². The van der Waals surface area contributed by atoms with E-state index in [1.807, 2.05) is 13.8 Å². The van der Waals surface area contributed by atoms with E-state index in [-0.39, 0.29) is 5.95 Å². The van der Waals surface area contributed by atoms with Gasteiger partial charge in [0.2, 0.25) is 5.95 Å². The van der Waals surface area contributed by atoms with Crippen molar-refractivity contribution in [1.29, 1.82) is 0 Å². The lowest BCUT2D eigenvalue weighted by atomic mass is 10.3. The van der Waals surface area contributed by atoms with E-state index >= 15 is 0 Å². The molecular weight excluding hydrogens is 198 g/mol. The second kappa shape index (κ2) is 3.30. The molecule has 0 aromatic carbocycles. The third-order valence-corrected chi connectivity index (χ3v) is 2.61. The second-order valence-corrected chi connectivity index (χ2v) is 4.24. The zero-order chi connectivity index (χ0) is 10.1. The highest BCUT2D eigenvalue weighted by atomic mass is 32.1. The summed E-state index contributed by atoms with van der Waals surface area (Å²) in [6.07, 6.45) is 1.57. The fourth-order valence-corrected chi connectivity index (χ4v) is 2.02. The SMILES string of the molecule is Cc1nc(-c2cnnc(N)n2)c(C)s1. The van der Waals surface area contributed by atoms with Gasteiger partial charge in [-0.3, -0.25) is 0 Å². The molecule has 0 unspecified atom stereocenters. The van der Waals surface area contributed by atoms with Crippen LogP contribution in [0.3, 0.4) is 0 Å². The van der Waals surface area contributed by atoms with Crippen molar-refractivity contribution in [3.63, 3.8) is 0 Å². The average molecular weight is 207 g/mol. The molecule has 14 heavy (non-hydrogen) atoms. The Hall–Kier alpha value is -1.56. The summed E-state index contributed by atoms with van der Waals surface area (Å²) in [5, 5.41) is 8.34. The first-order valence-corrected chi connectivity index (χ1v) is 4.88. The molecule has 0 bridgehead atoms. The smallest absolute Gasteiger partial charge is 0.240 e. The van der Waals surface area contributed by atoms with Gasteiger partial charge in [0, 0.05) is 4.88 Å². The summed E-state index contributed by atoms with van der Waals surface area (Å²) in [5.41, 5.74) is 6.97. The van der Waals surface area contributed by atoms with Crippen molar-refractivity contribution in [2.24, 2.45) is 0 Å². The highest BCUT2D eigenvalue weighted by Gasteiger charge is 2.09. The van der Waals surface area contributed by atoms with Gasteiger partial charge in [-0.05, 0) is 13.8 Å². The maximum Gasteiger partial charge on any atom is 0.240 e. The maximum absolute atomic E-state index is 5.44. The van der Waals surface area contributed by atoms with Crippen molar-refractivity contribution in [1.82, 2.24) is 20.2 Å². The third kappa shape index (κ3) is 1.56. The van der Waals surface area contributed by atoms with Crippen LogP contribution in [0.1, 0.15) is 9.88 Å². The molecule has 6 heteroatoms. The molecule has 2 aromatic rings. The van der Waals surface area contributed by atoms with E-state index in [9.17, 15) is 0 Å². The van der Waals surface area contributed by atoms with Crippen molar-refractivity contribution in [2.45, 2.75) is 13.8 Å². The molecular formula is C8H9N5S. The summed E-state index contributed by atoms with van der Waals surface area (Å²) < 4.78 is 0. The molecule has 2 heterocycles. The minimum atomic E-state index is 0.174. The van der Waals surface area contributed by atoms with Crippen LogP contribution in [0.5, 0.6) is 0 Å². The summed E-state index contributed by atoms with van der Waals surface area (Å²) >= 11 is 1.63. The van der Waals surface area contributed by atoms with E-state index in [2.05, 4.69) is 20.2 Å². The monoisotopic (exact) mass is 207 g/mol. The van der Waals surface area contributed by atoms with E-state index < -0.39 is 0 Å². The van der Waals surface area contributed by atoms with E-state index in [1.165, 1.54) is 0 Å². The lowest BCUT2D eigenvalue weighted by Gasteiger charge is -1.96. The van der Waals surface area contributed by atoms with Crippen LogP contribution in [-0.4, -0.2) is 20.2 Å². The Balaban J connectivity index is 2.54. The normalized spacial score (nSPS) is 10.4. The van der Waals surface area contributed by atoms with Gasteiger partial charge in [-0.1, -0.05) is 0 Å². The molecule has 2 N–H and O–H groups in total. The lowest BCUT2D eigenvalue weighted by Crippen LogP contribution is -1.98. The molecule has 0 aliphatic rings. The zero-order valence-electron chi connectivity index (χ0n) is 7.85. The number of nitrogens with two attached hydrogens (primary N) is 1. The number of hydrogen-bond donors (Lipinski definition) is 1. The standard InChI is InChI=1S/C8H9N5S/c1-4-7(11-5(2)14-4)6-3-10-13-8(9)12-6/h3H,1-2H3,(H2,9,12,13). The van der Waals surface area contributed by atoms with E-state index in [0.29, 0.717) is 5.69 Å². The zero-order valence-corrected chi connectivity index (χ0v) is 8.67. The van der Waals surface area contributed by atoms with Gasteiger partial charge in [-0.15, -0.1) is 16.4 Å². The summed E-state index contributed by atoms with van der Waals surface area (Å²) in [4.78, 5) is 9.53. The Morgan fingerprint density at radius 2 is 2.07 bits per heavy atom. The third-order valence-electron chi connectivity index (χ3n) is 1.72. The van der Waals surface area contributed by atoms with Gasteiger partial charge in [-0.25, -0.2) is 9.97 Å². The average Bonchev–Trinajstić information content (AvgIpc) is 2.45. The van der Waals surface area contributed by atoms with E-state index in [1.54, 1.807) is 17.5 Å². The fraction of sp³-hybridized carbons (Fsp3) is 0.250. The summed E-state index contributed by atoms with van der Waals surface area (Å²) in [6, 6.07) is 0. The second-order valence-electron chi connectivity index (χ2n) is 2.84. The summed E-state index contributed by atoms with van der Waals surface area (Å²) in [7, 11) is 0. The number of anilines is 1. The number of rotatable bonds is 1. The first-order chi connectivity index (χ1) is 6.66. The Morgan fingerprint density at radius 3 is 2.64 bits per heavy atom. The van der Waals surface area contributed by atoms with Crippen LogP contribution >= 0.6 is 11.3 Å². The van der Waals surface area contributed by atoms with Crippen LogP contribution in [0, 0.1) is 13.8 Å². The van der Waals surface area contributed by atoms with Crippen LogP contribution in [0.4, 0.5) is 5.95 Å². The maximum atomic E-state index is 5.44. The Bertz CT molecular complexity index is 465. The van der Waals surface area contributed by atoms with Crippen molar-refractivity contribution in [3.05, 3.63) is 16.1 Å². The molecule has 72 valence electrons. The molecule has 0 aliphatic carbocycles. The molecule has 2 aromatic heterocycles. The minimum Gasteiger partial charge on any atom is -0.366 e. The van der Waals surface area contributed by atoms with Crippen molar-refractivity contribution in [3.8, 4) is 11.4 Å². The molecule has 0 saturated heterocycles. The first kappa shape index (κ1) is 9.01. The largest absolute Gasteiger partial charge is 0.366 e. The summed E-state index contributed by atoms with van der Waals surface area (Å²) in [6.45, 7) is 3.96. The van der Waals surface area contributed by atoms with Gasteiger partial charge in [0.25, 0.3) is 0 Å². The van der Waals surface area contributed by atoms with Crippen molar-refractivity contribution >= 4 is 17.3 Å². The highest BCUT2D eigenvalue weighted by Crippen LogP contribution is 2.24. The van der Waals surface area contributed by atoms with Crippen LogP contribution in [-0.2, 0) is 0 Å². The van der Waals surface area contributed by atoms with Crippen molar-refractivity contribution < 1.29 is 0 Å². The minimum absolute atomic E-state index is 0.174. The number of hydrogen-bond acceptors (Lipinski definition) is 6. The van der Waals surface area contributed by atoms with E-state index in [0.717, 1.165) is 15.6 Å². The molecule has 0 amide bonds. The number of nitrogens with zero attached hydrogens (tertiary/aromatic N) is 4. The number of nitrogen functional groups attached to an aromatic ring is 1. The van der Waals surface area contributed by atoms with Crippen LogP contribution in [0.25, 0.3) is 11.4 Å². The molecule has 0 spiro atoms. The van der Waals surface area contributed by atoms with Gasteiger partial charge < -0.3 is 5.73 Å². The summed E-state index contributed by atoms with van der Waals surface area (Å²) in [5.74, 6) is 0.174. The lowest BCUT2D eigenvalue weighted by molar-refractivity contribution is 0.985. The Labute approximate surface area is 85.0 Å². The Kier molecular flexibility index (Phi) is 2.12. The first-order valence-electron chi connectivity index (χ1n) is 4.06. The van der Waals surface area contributed by atoms with Gasteiger partial charge in [0.15, 0.2) is 0 Å². The van der Waals surface area contributed by atoms with Gasteiger partial charge >= 0.3 is 0 Å². The van der Waals surface area contributed by atoms with Crippen LogP contribution < -0.4 is 5.73 Å². The highest BCUT2D eigenvalue weighted by molar-refractivity contribution is 7.11. The molecule has 0 saturated carbocycles. The fourth-order valence-electron chi connectivity index (χ4n) is 1.20. The predicted molar refractivity (Wildman–Crippen MR) is 54.8 cm³/mol. The number of aryl methyl sites for hydroxylation is 2. The quantitative estimate of drug-likeness (QED) is 0.760. The topological polar surface area (TPSA) is 77.6 Å². The molecule has 0 atom stereocenters. The molecule has 5 nitrogen and oxygen atoms in total. The number of thiazole rings is 1. The predicted octanol–water partition coefficient (Wildman–Crippen LogP) is 1.19. The molecule has 2 rings (SSSR count). The molecule has 0 radical (unpaired) electrons.